The summed E-state index contributed by atoms with van der Waals surface area (Å²) in [5.74, 6) is -3.53. The van der Waals surface area contributed by atoms with Crippen LogP contribution in [0, 0.1) is 5.92 Å². The lowest BCUT2D eigenvalue weighted by Crippen LogP contribution is -2.32. The third kappa shape index (κ3) is 4.71. The number of allylic oxidation sites excluding steroid dienone is 1. The average molecular weight is 370 g/mol. The van der Waals surface area contributed by atoms with Crippen LogP contribution in [0.4, 0.5) is 13.2 Å². The normalized spacial score (nSPS) is 18.0. The number of aliphatic hydroxyl groups excluding tert-OH is 1. The van der Waals surface area contributed by atoms with Crippen LogP contribution in [0.15, 0.2) is 29.8 Å². The Balaban J connectivity index is 2.22. The summed E-state index contributed by atoms with van der Waals surface area (Å²) in [7, 11) is 0. The Hall–Kier alpha value is -2.64. The summed E-state index contributed by atoms with van der Waals surface area (Å²) < 4.78 is 41.9. The van der Waals surface area contributed by atoms with E-state index < -0.39 is 47.4 Å². The van der Waals surface area contributed by atoms with Crippen molar-refractivity contribution in [2.45, 2.75) is 32.4 Å². The molecule has 140 valence electrons. The van der Waals surface area contributed by atoms with E-state index >= 15 is 0 Å². The van der Waals surface area contributed by atoms with Crippen LogP contribution in [0.1, 0.15) is 30.9 Å². The van der Waals surface area contributed by atoms with E-state index in [1.807, 2.05) is 0 Å². The molecule has 0 amide bonds. The number of halogens is 3. The van der Waals surface area contributed by atoms with Crippen LogP contribution in [0.3, 0.4) is 0 Å². The van der Waals surface area contributed by atoms with Crippen molar-refractivity contribution in [2.24, 2.45) is 5.92 Å². The van der Waals surface area contributed by atoms with Crippen molar-refractivity contribution in [2.75, 3.05) is 6.61 Å². The Labute approximate surface area is 147 Å². The molecule has 1 N–H and O–H groups in total. The lowest BCUT2D eigenvalue weighted by Gasteiger charge is -2.21. The van der Waals surface area contributed by atoms with E-state index in [9.17, 15) is 32.7 Å². The number of ketones is 2. The van der Waals surface area contributed by atoms with Gasteiger partial charge in [-0.15, -0.1) is 0 Å². The first-order chi connectivity index (χ1) is 12.1. The van der Waals surface area contributed by atoms with Gasteiger partial charge in [0.25, 0.3) is 0 Å². The number of Topliss-reactive ketones (excluding diaryl/α,β-unsaturated/α-hetero) is 2. The molecule has 0 radical (unpaired) electrons. The molecule has 2 rings (SSSR count). The van der Waals surface area contributed by atoms with Gasteiger partial charge in [0.05, 0.1) is 18.9 Å². The van der Waals surface area contributed by atoms with Gasteiger partial charge in [0.2, 0.25) is 0 Å². The van der Waals surface area contributed by atoms with E-state index in [-0.39, 0.29) is 30.6 Å². The van der Waals surface area contributed by atoms with Gasteiger partial charge < -0.3 is 9.84 Å². The van der Waals surface area contributed by atoms with Gasteiger partial charge in [0.1, 0.15) is 11.3 Å². The van der Waals surface area contributed by atoms with Crippen LogP contribution < -0.4 is 0 Å². The van der Waals surface area contributed by atoms with Gasteiger partial charge in [0, 0.05) is 18.4 Å². The molecule has 1 aliphatic carbocycles. The fourth-order valence-corrected chi connectivity index (χ4v) is 2.73. The number of carbonyl (C=O) groups excluding carboxylic acids is 3. The summed E-state index contributed by atoms with van der Waals surface area (Å²) in [6.07, 6.45) is -6.02. The van der Waals surface area contributed by atoms with Crippen molar-refractivity contribution in [3.8, 4) is 0 Å². The Morgan fingerprint density at radius 3 is 2.15 bits per heavy atom. The van der Waals surface area contributed by atoms with Crippen LogP contribution in [-0.4, -0.2) is 35.4 Å². The molecule has 0 unspecified atom stereocenters. The van der Waals surface area contributed by atoms with Crippen molar-refractivity contribution in [3.05, 3.63) is 41.0 Å². The van der Waals surface area contributed by atoms with Gasteiger partial charge in [0.15, 0.2) is 11.6 Å². The minimum Gasteiger partial charge on any atom is -0.506 e. The molecular weight excluding hydrogens is 353 g/mol. The van der Waals surface area contributed by atoms with Gasteiger partial charge in [-0.3, -0.25) is 14.4 Å². The summed E-state index contributed by atoms with van der Waals surface area (Å²) in [4.78, 5) is 36.1. The van der Waals surface area contributed by atoms with Gasteiger partial charge in [-0.05, 0) is 12.5 Å². The SMILES string of the molecule is CCOC(=O)C1CC(=O)C(=C(O)c2ccc(CC(F)(F)F)cc2)C(=O)C1. The Morgan fingerprint density at radius 2 is 1.69 bits per heavy atom. The quantitative estimate of drug-likeness (QED) is 0.381. The molecule has 0 heterocycles. The van der Waals surface area contributed by atoms with Gasteiger partial charge in [-0.1, -0.05) is 24.3 Å². The topological polar surface area (TPSA) is 80.7 Å². The van der Waals surface area contributed by atoms with E-state index in [1.165, 1.54) is 24.3 Å². The molecule has 1 aliphatic rings. The number of aliphatic hydroxyl groups is 1. The number of hydrogen-bond acceptors (Lipinski definition) is 5. The smallest absolute Gasteiger partial charge is 0.393 e. The zero-order valence-electron chi connectivity index (χ0n) is 13.9. The number of alkyl halides is 3. The van der Waals surface area contributed by atoms with E-state index in [1.54, 1.807) is 6.92 Å². The molecule has 5 nitrogen and oxygen atoms in total. The summed E-state index contributed by atoms with van der Waals surface area (Å²) in [5, 5.41) is 10.2. The number of ether oxygens (including phenoxy) is 1. The number of hydrogen-bond donors (Lipinski definition) is 1. The molecule has 0 bridgehead atoms. The molecule has 8 heteroatoms. The second-order valence-electron chi connectivity index (χ2n) is 5.92. The first kappa shape index (κ1) is 19.7. The summed E-state index contributed by atoms with van der Waals surface area (Å²) in [5.41, 5.74) is -0.390. The molecule has 1 saturated carbocycles. The fourth-order valence-electron chi connectivity index (χ4n) is 2.73. The number of rotatable bonds is 4. The lowest BCUT2D eigenvalue weighted by atomic mass is 9.82. The molecule has 1 aromatic carbocycles. The summed E-state index contributed by atoms with van der Waals surface area (Å²) in [6, 6.07) is 4.75. The minimum absolute atomic E-state index is 0.0114. The summed E-state index contributed by atoms with van der Waals surface area (Å²) >= 11 is 0. The highest BCUT2D eigenvalue weighted by Gasteiger charge is 2.37. The highest BCUT2D eigenvalue weighted by molar-refractivity contribution is 6.27. The number of benzene rings is 1. The zero-order valence-corrected chi connectivity index (χ0v) is 13.9. The number of carbonyl (C=O) groups is 3. The molecular formula is C18H17F3O5. The predicted octanol–water partition coefficient (Wildman–Crippen LogP) is 3.17. The molecule has 0 spiro atoms. The fraction of sp³-hybridized carbons (Fsp3) is 0.389. The van der Waals surface area contributed by atoms with Crippen LogP contribution in [-0.2, 0) is 25.5 Å². The van der Waals surface area contributed by atoms with E-state index in [0.29, 0.717) is 0 Å². The molecule has 1 aromatic rings. The highest BCUT2D eigenvalue weighted by atomic mass is 19.4. The van der Waals surface area contributed by atoms with Crippen molar-refractivity contribution < 1.29 is 37.4 Å². The van der Waals surface area contributed by atoms with Crippen LogP contribution in [0.2, 0.25) is 0 Å². The summed E-state index contributed by atoms with van der Waals surface area (Å²) in [6.45, 7) is 1.72. The van der Waals surface area contributed by atoms with Crippen molar-refractivity contribution in [3.63, 3.8) is 0 Å². The molecule has 26 heavy (non-hydrogen) atoms. The lowest BCUT2D eigenvalue weighted by molar-refractivity contribution is -0.151. The van der Waals surface area contributed by atoms with Gasteiger partial charge in [-0.2, -0.15) is 13.2 Å². The Bertz CT molecular complexity index is 727. The molecule has 0 aromatic heterocycles. The highest BCUT2D eigenvalue weighted by Crippen LogP contribution is 2.29. The van der Waals surface area contributed by atoms with E-state index in [0.717, 1.165) is 0 Å². The Morgan fingerprint density at radius 1 is 1.15 bits per heavy atom. The molecule has 0 saturated heterocycles. The van der Waals surface area contributed by atoms with Crippen LogP contribution in [0.25, 0.3) is 5.76 Å². The van der Waals surface area contributed by atoms with E-state index in [4.69, 9.17) is 4.74 Å². The standard InChI is InChI=1S/C18H17F3O5/c1-2-26-17(25)12-7-13(22)15(14(23)8-12)16(24)11-5-3-10(4-6-11)9-18(19,20)21/h3-6,12,24H,2,7-9H2,1H3. The zero-order chi connectivity index (χ0) is 19.5. The monoisotopic (exact) mass is 370 g/mol. The Kier molecular flexibility index (Phi) is 5.84. The van der Waals surface area contributed by atoms with Crippen LogP contribution >= 0.6 is 0 Å². The van der Waals surface area contributed by atoms with Gasteiger partial charge in [-0.25, -0.2) is 0 Å². The van der Waals surface area contributed by atoms with Crippen LogP contribution in [0.5, 0.6) is 0 Å². The second-order valence-corrected chi connectivity index (χ2v) is 5.92. The predicted molar refractivity (Wildman–Crippen MR) is 85.1 cm³/mol. The first-order valence-electron chi connectivity index (χ1n) is 7.94. The molecule has 0 atom stereocenters. The average Bonchev–Trinajstić information content (AvgIpc) is 2.53. The maximum Gasteiger partial charge on any atom is 0.393 e. The molecule has 0 aliphatic heterocycles. The maximum atomic E-state index is 12.4. The second kappa shape index (κ2) is 7.72. The number of esters is 1. The third-order valence-electron chi connectivity index (χ3n) is 3.91. The molecule has 1 fully saturated rings. The van der Waals surface area contributed by atoms with Crippen molar-refractivity contribution in [1.82, 2.24) is 0 Å². The first-order valence-corrected chi connectivity index (χ1v) is 7.94. The van der Waals surface area contributed by atoms with Crippen molar-refractivity contribution in [1.29, 1.82) is 0 Å². The maximum absolute atomic E-state index is 12.4. The van der Waals surface area contributed by atoms with Crippen molar-refractivity contribution >= 4 is 23.3 Å². The largest absolute Gasteiger partial charge is 0.506 e. The third-order valence-corrected chi connectivity index (χ3v) is 3.91. The minimum atomic E-state index is -4.36. The van der Waals surface area contributed by atoms with E-state index in [2.05, 4.69) is 0 Å². The van der Waals surface area contributed by atoms with Gasteiger partial charge >= 0.3 is 12.1 Å².